The zero-order valence-corrected chi connectivity index (χ0v) is 13.2. The van der Waals surface area contributed by atoms with Crippen LogP contribution in [-0.2, 0) is 6.42 Å². The van der Waals surface area contributed by atoms with Crippen LogP contribution in [0.15, 0.2) is 36.4 Å². The van der Waals surface area contributed by atoms with Crippen molar-refractivity contribution in [2.45, 2.75) is 26.3 Å². The Bertz CT molecular complexity index is 575. The molecule has 0 bridgehead atoms. The third kappa shape index (κ3) is 3.34. The topological polar surface area (TPSA) is 26.0 Å². The normalized spacial score (nSPS) is 12.5. The van der Waals surface area contributed by atoms with Crippen LogP contribution in [0.5, 0.6) is 0 Å². The van der Waals surface area contributed by atoms with Crippen molar-refractivity contribution in [2.24, 2.45) is 5.73 Å². The lowest BCUT2D eigenvalue weighted by Gasteiger charge is -2.17. The number of nitrogens with two attached hydrogens (primary N) is 1. The highest BCUT2D eigenvalue weighted by molar-refractivity contribution is 14.1. The van der Waals surface area contributed by atoms with Crippen molar-refractivity contribution in [3.05, 3.63) is 68.0 Å². The number of benzene rings is 2. The van der Waals surface area contributed by atoms with E-state index in [2.05, 4.69) is 54.6 Å². The predicted molar refractivity (Wildman–Crippen MR) is 85.7 cm³/mol. The average Bonchev–Trinajstić information content (AvgIpc) is 2.33. The van der Waals surface area contributed by atoms with Crippen LogP contribution >= 0.6 is 22.6 Å². The third-order valence-electron chi connectivity index (χ3n) is 3.43. The molecule has 0 spiro atoms. The molecule has 0 aliphatic rings. The van der Waals surface area contributed by atoms with Gasteiger partial charge in [0.15, 0.2) is 0 Å². The Hall–Kier alpha value is -0.940. The number of aryl methyl sites for hydroxylation is 2. The van der Waals surface area contributed by atoms with Crippen molar-refractivity contribution in [1.82, 2.24) is 0 Å². The van der Waals surface area contributed by atoms with Gasteiger partial charge in [-0.3, -0.25) is 0 Å². The first-order valence-corrected chi connectivity index (χ1v) is 7.32. The Labute approximate surface area is 127 Å². The van der Waals surface area contributed by atoms with Gasteiger partial charge in [-0.2, -0.15) is 0 Å². The molecule has 2 aromatic carbocycles. The predicted octanol–water partition coefficient (Wildman–Crippen LogP) is 4.29. The Kier molecular flexibility index (Phi) is 4.58. The van der Waals surface area contributed by atoms with Gasteiger partial charge in [0.25, 0.3) is 0 Å². The first-order valence-electron chi connectivity index (χ1n) is 6.24. The molecular formula is C16H17FIN. The van der Waals surface area contributed by atoms with Crippen molar-refractivity contribution in [2.75, 3.05) is 0 Å². The summed E-state index contributed by atoms with van der Waals surface area (Å²) in [6.07, 6.45) is 0.778. The van der Waals surface area contributed by atoms with Crippen LogP contribution in [0.3, 0.4) is 0 Å². The molecule has 0 fully saturated rings. The van der Waals surface area contributed by atoms with Crippen molar-refractivity contribution < 1.29 is 4.39 Å². The largest absolute Gasteiger partial charge is 0.324 e. The SMILES string of the molecule is Cc1cccc(C)c1CC(N)c1ccc(F)cc1I. The van der Waals surface area contributed by atoms with Crippen molar-refractivity contribution in [1.29, 1.82) is 0 Å². The van der Waals surface area contributed by atoms with Gasteiger partial charge >= 0.3 is 0 Å². The van der Waals surface area contributed by atoms with E-state index in [0.29, 0.717) is 0 Å². The lowest BCUT2D eigenvalue weighted by Crippen LogP contribution is -2.16. The standard InChI is InChI=1S/C16H17FIN/c1-10-4-3-5-11(2)14(10)9-16(19)13-7-6-12(17)8-15(13)18/h3-8,16H,9,19H2,1-2H3. The zero-order chi connectivity index (χ0) is 14.0. The fourth-order valence-corrected chi connectivity index (χ4v) is 3.18. The van der Waals surface area contributed by atoms with E-state index in [0.717, 1.165) is 15.6 Å². The zero-order valence-electron chi connectivity index (χ0n) is 11.1. The summed E-state index contributed by atoms with van der Waals surface area (Å²) < 4.78 is 14.0. The molecule has 2 aromatic rings. The van der Waals surface area contributed by atoms with Gasteiger partial charge in [0.1, 0.15) is 5.82 Å². The lowest BCUT2D eigenvalue weighted by atomic mass is 9.93. The maximum absolute atomic E-state index is 13.1. The molecule has 1 unspecified atom stereocenters. The van der Waals surface area contributed by atoms with E-state index in [1.54, 1.807) is 6.07 Å². The lowest BCUT2D eigenvalue weighted by molar-refractivity contribution is 0.622. The minimum atomic E-state index is -0.215. The Morgan fingerprint density at radius 2 is 1.79 bits per heavy atom. The van der Waals surface area contributed by atoms with Gasteiger partial charge in [-0.25, -0.2) is 4.39 Å². The Morgan fingerprint density at radius 3 is 2.37 bits per heavy atom. The molecule has 1 nitrogen and oxygen atoms in total. The van der Waals surface area contributed by atoms with Crippen LogP contribution in [0.2, 0.25) is 0 Å². The van der Waals surface area contributed by atoms with Crippen LogP contribution in [0.1, 0.15) is 28.3 Å². The molecule has 0 radical (unpaired) electrons. The first-order chi connectivity index (χ1) is 8.99. The van der Waals surface area contributed by atoms with Crippen LogP contribution in [0, 0.1) is 23.2 Å². The number of halogens is 2. The molecule has 1 atom stereocenters. The maximum atomic E-state index is 13.1. The van der Waals surface area contributed by atoms with Crippen molar-refractivity contribution in [3.8, 4) is 0 Å². The van der Waals surface area contributed by atoms with E-state index in [1.165, 1.54) is 28.8 Å². The van der Waals surface area contributed by atoms with Gasteiger partial charge in [-0.15, -0.1) is 0 Å². The quantitative estimate of drug-likeness (QED) is 0.803. The van der Waals surface area contributed by atoms with Crippen molar-refractivity contribution >= 4 is 22.6 Å². The monoisotopic (exact) mass is 369 g/mol. The molecule has 0 heterocycles. The number of rotatable bonds is 3. The summed E-state index contributed by atoms with van der Waals surface area (Å²) in [6, 6.07) is 10.9. The molecule has 0 saturated heterocycles. The van der Waals surface area contributed by atoms with E-state index >= 15 is 0 Å². The summed E-state index contributed by atoms with van der Waals surface area (Å²) in [7, 11) is 0. The molecule has 0 aromatic heterocycles. The van der Waals surface area contributed by atoms with Crippen LogP contribution in [-0.4, -0.2) is 0 Å². The summed E-state index contributed by atoms with van der Waals surface area (Å²) in [4.78, 5) is 0. The molecule has 2 N–H and O–H groups in total. The third-order valence-corrected chi connectivity index (χ3v) is 4.36. The Morgan fingerprint density at radius 1 is 1.16 bits per heavy atom. The summed E-state index contributed by atoms with van der Waals surface area (Å²) in [5.41, 5.74) is 11.1. The second kappa shape index (κ2) is 6.01. The van der Waals surface area contributed by atoms with Gasteiger partial charge in [-0.05, 0) is 77.2 Å². The van der Waals surface area contributed by atoms with Crippen molar-refractivity contribution in [3.63, 3.8) is 0 Å². The van der Waals surface area contributed by atoms with Gasteiger partial charge in [0.05, 0.1) is 0 Å². The molecule has 3 heteroatoms. The van der Waals surface area contributed by atoms with E-state index in [9.17, 15) is 4.39 Å². The van der Waals surface area contributed by atoms with E-state index in [-0.39, 0.29) is 11.9 Å². The fourth-order valence-electron chi connectivity index (χ4n) is 2.30. The fraction of sp³-hybridized carbons (Fsp3) is 0.250. The van der Waals surface area contributed by atoms with E-state index < -0.39 is 0 Å². The second-order valence-corrected chi connectivity index (χ2v) is 6.01. The molecule has 0 aliphatic carbocycles. The molecule has 0 saturated carbocycles. The molecular weight excluding hydrogens is 352 g/mol. The van der Waals surface area contributed by atoms with E-state index in [4.69, 9.17) is 5.73 Å². The maximum Gasteiger partial charge on any atom is 0.124 e. The molecule has 0 amide bonds. The van der Waals surface area contributed by atoms with Gasteiger partial charge in [-0.1, -0.05) is 24.3 Å². The van der Waals surface area contributed by atoms with Crippen LogP contribution in [0.25, 0.3) is 0 Å². The smallest absolute Gasteiger partial charge is 0.124 e. The Balaban J connectivity index is 2.28. The minimum Gasteiger partial charge on any atom is -0.324 e. The number of hydrogen-bond donors (Lipinski definition) is 1. The van der Waals surface area contributed by atoms with E-state index in [1.807, 2.05) is 0 Å². The highest BCUT2D eigenvalue weighted by atomic mass is 127. The summed E-state index contributed by atoms with van der Waals surface area (Å²) in [5, 5.41) is 0. The van der Waals surface area contributed by atoms with Crippen LogP contribution in [0.4, 0.5) is 4.39 Å². The average molecular weight is 369 g/mol. The van der Waals surface area contributed by atoms with Gasteiger partial charge < -0.3 is 5.73 Å². The molecule has 19 heavy (non-hydrogen) atoms. The number of hydrogen-bond acceptors (Lipinski definition) is 1. The highest BCUT2D eigenvalue weighted by Gasteiger charge is 2.13. The second-order valence-electron chi connectivity index (χ2n) is 4.85. The molecule has 100 valence electrons. The van der Waals surface area contributed by atoms with Gasteiger partial charge in [0, 0.05) is 9.61 Å². The van der Waals surface area contributed by atoms with Crippen LogP contribution < -0.4 is 5.73 Å². The summed E-state index contributed by atoms with van der Waals surface area (Å²) in [6.45, 7) is 4.20. The summed E-state index contributed by atoms with van der Waals surface area (Å²) >= 11 is 2.14. The molecule has 0 aliphatic heterocycles. The van der Waals surface area contributed by atoms with Gasteiger partial charge in [0.2, 0.25) is 0 Å². The molecule has 2 rings (SSSR count). The highest BCUT2D eigenvalue weighted by Crippen LogP contribution is 2.25. The first kappa shape index (κ1) is 14.5. The minimum absolute atomic E-state index is 0.104. The summed E-state index contributed by atoms with van der Waals surface area (Å²) in [5.74, 6) is -0.215.